The molecular formula is C17H17NO5S. The highest BCUT2D eigenvalue weighted by molar-refractivity contribution is 7.92. The van der Waals surface area contributed by atoms with Gasteiger partial charge in [-0.3, -0.25) is 4.31 Å². The Kier molecular flexibility index (Phi) is 4.19. The molecule has 0 aromatic heterocycles. The average molecular weight is 347 g/mol. The van der Waals surface area contributed by atoms with Gasteiger partial charge in [-0.15, -0.1) is 0 Å². The Morgan fingerprint density at radius 1 is 1.17 bits per heavy atom. The number of rotatable bonds is 3. The molecular weight excluding hydrogens is 330 g/mol. The van der Waals surface area contributed by atoms with Gasteiger partial charge in [0, 0.05) is 0 Å². The lowest BCUT2D eigenvalue weighted by atomic mass is 10.2. The molecule has 6 nitrogen and oxygen atoms in total. The van der Waals surface area contributed by atoms with Crippen LogP contribution in [0.15, 0.2) is 53.4 Å². The number of hydrogen-bond acceptors (Lipinski definition) is 5. The molecule has 7 heteroatoms. The van der Waals surface area contributed by atoms with Crippen molar-refractivity contribution in [3.8, 4) is 5.75 Å². The van der Waals surface area contributed by atoms with Gasteiger partial charge in [0.15, 0.2) is 0 Å². The maximum Gasteiger partial charge on any atom is 0.348 e. The van der Waals surface area contributed by atoms with Crippen LogP contribution in [-0.4, -0.2) is 34.1 Å². The zero-order valence-electron chi connectivity index (χ0n) is 13.3. The van der Waals surface area contributed by atoms with Gasteiger partial charge in [0.2, 0.25) is 6.10 Å². The van der Waals surface area contributed by atoms with Crippen LogP contribution in [0, 0.1) is 6.92 Å². The van der Waals surface area contributed by atoms with Crippen molar-refractivity contribution in [3.63, 3.8) is 0 Å². The predicted octanol–water partition coefficient (Wildman–Crippen LogP) is 2.12. The molecule has 2 aromatic rings. The second-order valence-electron chi connectivity index (χ2n) is 5.45. The quantitative estimate of drug-likeness (QED) is 0.795. The van der Waals surface area contributed by atoms with E-state index in [1.54, 1.807) is 48.5 Å². The minimum atomic E-state index is -3.82. The van der Waals surface area contributed by atoms with E-state index in [-0.39, 0.29) is 11.4 Å². The largest absolute Gasteiger partial charge is 0.475 e. The molecule has 0 fully saturated rings. The lowest BCUT2D eigenvalue weighted by Gasteiger charge is -2.34. The molecule has 0 radical (unpaired) electrons. The second kappa shape index (κ2) is 6.16. The highest BCUT2D eigenvalue weighted by atomic mass is 32.2. The average Bonchev–Trinajstić information content (AvgIpc) is 2.60. The Morgan fingerprint density at radius 3 is 2.50 bits per heavy atom. The Balaban J connectivity index is 2.07. The molecule has 1 aliphatic rings. The number of anilines is 1. The van der Waals surface area contributed by atoms with Gasteiger partial charge in [0.1, 0.15) is 5.75 Å². The van der Waals surface area contributed by atoms with E-state index in [9.17, 15) is 13.2 Å². The Bertz CT molecular complexity index is 861. The van der Waals surface area contributed by atoms with Crippen LogP contribution in [-0.2, 0) is 19.6 Å². The summed E-state index contributed by atoms with van der Waals surface area (Å²) in [6, 6.07) is 13.3. The zero-order valence-corrected chi connectivity index (χ0v) is 14.1. The predicted molar refractivity (Wildman–Crippen MR) is 88.6 cm³/mol. The molecule has 24 heavy (non-hydrogen) atoms. The summed E-state index contributed by atoms with van der Waals surface area (Å²) in [5.74, 6) is -0.288. The van der Waals surface area contributed by atoms with Gasteiger partial charge in [0.05, 0.1) is 24.2 Å². The van der Waals surface area contributed by atoms with Crippen molar-refractivity contribution in [2.24, 2.45) is 0 Å². The topological polar surface area (TPSA) is 72.9 Å². The van der Waals surface area contributed by atoms with E-state index in [4.69, 9.17) is 9.47 Å². The number of carbonyl (C=O) groups excluding carboxylic acids is 1. The molecule has 0 aliphatic carbocycles. The van der Waals surface area contributed by atoms with E-state index in [1.165, 1.54) is 11.4 Å². The Morgan fingerprint density at radius 2 is 1.83 bits per heavy atom. The SMILES string of the molecule is COC(=O)C1CN(S(=O)(=O)c2ccc(C)cc2)c2ccccc2O1. The Hall–Kier alpha value is -2.54. The molecule has 3 rings (SSSR count). The number of para-hydroxylation sites is 2. The molecule has 1 heterocycles. The second-order valence-corrected chi connectivity index (χ2v) is 7.31. The summed E-state index contributed by atoms with van der Waals surface area (Å²) in [6.07, 6.45) is -1.01. The third-order valence-corrected chi connectivity index (χ3v) is 5.60. The van der Waals surface area contributed by atoms with Gasteiger partial charge in [-0.1, -0.05) is 29.8 Å². The summed E-state index contributed by atoms with van der Waals surface area (Å²) in [5.41, 5.74) is 1.36. The smallest absolute Gasteiger partial charge is 0.348 e. The lowest BCUT2D eigenvalue weighted by Crippen LogP contribution is -2.47. The molecule has 0 bridgehead atoms. The summed E-state index contributed by atoms with van der Waals surface area (Å²) in [5, 5.41) is 0. The van der Waals surface area contributed by atoms with Crippen molar-refractivity contribution in [2.45, 2.75) is 17.9 Å². The summed E-state index contributed by atoms with van der Waals surface area (Å²) in [4.78, 5) is 12.0. The fourth-order valence-electron chi connectivity index (χ4n) is 2.52. The molecule has 0 N–H and O–H groups in total. The molecule has 2 aromatic carbocycles. The summed E-state index contributed by atoms with van der Waals surface area (Å²) in [7, 11) is -2.58. The summed E-state index contributed by atoms with van der Waals surface area (Å²) >= 11 is 0. The molecule has 1 atom stereocenters. The van der Waals surface area contributed by atoms with Gasteiger partial charge in [0.25, 0.3) is 10.0 Å². The summed E-state index contributed by atoms with van der Waals surface area (Å²) < 4.78 is 37.6. The van der Waals surface area contributed by atoms with Crippen molar-refractivity contribution in [2.75, 3.05) is 18.0 Å². The fraction of sp³-hybridized carbons (Fsp3) is 0.235. The maximum atomic E-state index is 13.0. The van der Waals surface area contributed by atoms with Gasteiger partial charge >= 0.3 is 5.97 Å². The third kappa shape index (κ3) is 2.82. The standard InChI is InChI=1S/C17H17NO5S/c1-12-7-9-13(10-8-12)24(20,21)18-11-16(17(19)22-2)23-15-6-4-3-5-14(15)18/h3-10,16H,11H2,1-2H3. The van der Waals surface area contributed by atoms with Crippen molar-refractivity contribution < 1.29 is 22.7 Å². The Labute approximate surface area is 140 Å². The van der Waals surface area contributed by atoms with E-state index in [0.717, 1.165) is 5.56 Å². The molecule has 1 unspecified atom stereocenters. The number of esters is 1. The van der Waals surface area contributed by atoms with Crippen LogP contribution in [0.2, 0.25) is 0 Å². The van der Waals surface area contributed by atoms with Crippen LogP contribution in [0.25, 0.3) is 0 Å². The van der Waals surface area contributed by atoms with Crippen LogP contribution < -0.4 is 9.04 Å². The molecule has 0 saturated heterocycles. The normalized spacial score (nSPS) is 16.9. The van der Waals surface area contributed by atoms with Crippen molar-refractivity contribution >= 4 is 21.7 Å². The molecule has 0 amide bonds. The van der Waals surface area contributed by atoms with Crippen molar-refractivity contribution in [1.29, 1.82) is 0 Å². The number of ether oxygens (including phenoxy) is 2. The molecule has 126 valence electrons. The first-order chi connectivity index (χ1) is 11.4. The highest BCUT2D eigenvalue weighted by Crippen LogP contribution is 2.36. The first-order valence-electron chi connectivity index (χ1n) is 7.36. The van der Waals surface area contributed by atoms with E-state index in [0.29, 0.717) is 11.4 Å². The van der Waals surface area contributed by atoms with Crippen LogP contribution in [0.3, 0.4) is 0 Å². The van der Waals surface area contributed by atoms with E-state index in [1.807, 2.05) is 6.92 Å². The molecule has 1 aliphatic heterocycles. The number of benzene rings is 2. The number of fused-ring (bicyclic) bond motifs is 1. The highest BCUT2D eigenvalue weighted by Gasteiger charge is 2.37. The van der Waals surface area contributed by atoms with E-state index >= 15 is 0 Å². The number of sulfonamides is 1. The minimum absolute atomic E-state index is 0.139. The van der Waals surface area contributed by atoms with Gasteiger partial charge in [-0.05, 0) is 31.2 Å². The van der Waals surface area contributed by atoms with Crippen LogP contribution >= 0.6 is 0 Å². The third-order valence-electron chi connectivity index (χ3n) is 3.81. The van der Waals surface area contributed by atoms with Crippen LogP contribution in [0.4, 0.5) is 5.69 Å². The van der Waals surface area contributed by atoms with Gasteiger partial charge in [-0.2, -0.15) is 0 Å². The minimum Gasteiger partial charge on any atom is -0.475 e. The van der Waals surface area contributed by atoms with Crippen molar-refractivity contribution in [3.05, 3.63) is 54.1 Å². The number of hydrogen-bond donors (Lipinski definition) is 0. The first-order valence-corrected chi connectivity index (χ1v) is 8.80. The zero-order chi connectivity index (χ0) is 17.3. The number of aryl methyl sites for hydroxylation is 1. The van der Waals surface area contributed by atoms with Gasteiger partial charge in [-0.25, -0.2) is 13.2 Å². The van der Waals surface area contributed by atoms with Crippen molar-refractivity contribution in [1.82, 2.24) is 0 Å². The first kappa shape index (κ1) is 16.3. The molecule has 0 spiro atoms. The summed E-state index contributed by atoms with van der Waals surface area (Å²) in [6.45, 7) is 1.74. The maximum absolute atomic E-state index is 13.0. The van der Waals surface area contributed by atoms with E-state index < -0.39 is 22.1 Å². The van der Waals surface area contributed by atoms with Gasteiger partial charge < -0.3 is 9.47 Å². The number of methoxy groups -OCH3 is 1. The van der Waals surface area contributed by atoms with E-state index in [2.05, 4.69) is 0 Å². The number of carbonyl (C=O) groups is 1. The fourth-order valence-corrected chi connectivity index (χ4v) is 4.00. The molecule has 0 saturated carbocycles. The lowest BCUT2D eigenvalue weighted by molar-refractivity contribution is -0.148. The van der Waals surface area contributed by atoms with Crippen LogP contribution in [0.5, 0.6) is 5.75 Å². The monoisotopic (exact) mass is 347 g/mol. The van der Waals surface area contributed by atoms with Crippen LogP contribution in [0.1, 0.15) is 5.56 Å². The number of nitrogens with zero attached hydrogens (tertiary/aromatic N) is 1.